The topological polar surface area (TPSA) is 74.1 Å². The van der Waals surface area contributed by atoms with Crippen molar-refractivity contribution in [3.05, 3.63) is 64.9 Å². The molecule has 1 aromatic heterocycles. The van der Waals surface area contributed by atoms with Crippen LogP contribution in [0.15, 0.2) is 48.8 Å². The maximum atomic E-state index is 12.5. The summed E-state index contributed by atoms with van der Waals surface area (Å²) in [5, 5.41) is 9.35. The highest BCUT2D eigenvalue weighted by atomic mass is 35.5. The number of halogens is 1. The summed E-state index contributed by atoms with van der Waals surface area (Å²) >= 11 is 5.81. The molecule has 0 saturated heterocycles. The highest BCUT2D eigenvalue weighted by molar-refractivity contribution is 6.30. The molecule has 0 radical (unpaired) electrons. The van der Waals surface area contributed by atoms with Crippen molar-refractivity contribution in [2.24, 2.45) is 0 Å². The number of benzene rings is 1. The number of rotatable bonds is 8. The van der Waals surface area contributed by atoms with Crippen molar-refractivity contribution in [3.63, 3.8) is 0 Å². The average Bonchev–Trinajstić information content (AvgIpc) is 2.64. The van der Waals surface area contributed by atoms with Crippen molar-refractivity contribution in [1.29, 1.82) is 5.26 Å². The number of amides is 1. The second-order valence-electron chi connectivity index (χ2n) is 5.51. The molecule has 0 spiro atoms. The summed E-state index contributed by atoms with van der Waals surface area (Å²) in [5.41, 5.74) is 1.42. The zero-order valence-corrected chi connectivity index (χ0v) is 14.4. The molecule has 0 saturated carbocycles. The lowest BCUT2D eigenvalue weighted by molar-refractivity contribution is -0.131. The van der Waals surface area contributed by atoms with Gasteiger partial charge in [0.2, 0.25) is 5.91 Å². The Morgan fingerprint density at radius 1 is 1.16 bits per heavy atom. The molecule has 25 heavy (non-hydrogen) atoms. The first kappa shape index (κ1) is 18.6. The van der Waals surface area contributed by atoms with E-state index in [4.69, 9.17) is 16.9 Å². The van der Waals surface area contributed by atoms with Gasteiger partial charge in [0, 0.05) is 48.9 Å². The summed E-state index contributed by atoms with van der Waals surface area (Å²) in [5.74, 6) is -0.256. The van der Waals surface area contributed by atoms with Crippen LogP contribution in [0.3, 0.4) is 0 Å². The first-order valence-corrected chi connectivity index (χ1v) is 8.30. The molecule has 0 atom stereocenters. The number of pyridine rings is 1. The van der Waals surface area contributed by atoms with E-state index in [1.54, 1.807) is 47.6 Å². The van der Waals surface area contributed by atoms with Gasteiger partial charge in [0.25, 0.3) is 0 Å². The molecule has 2 rings (SSSR count). The van der Waals surface area contributed by atoms with Crippen molar-refractivity contribution < 1.29 is 9.59 Å². The smallest absolute Gasteiger partial charge is 0.223 e. The van der Waals surface area contributed by atoms with Crippen molar-refractivity contribution in [2.45, 2.75) is 25.8 Å². The van der Waals surface area contributed by atoms with Gasteiger partial charge in [-0.25, -0.2) is 0 Å². The van der Waals surface area contributed by atoms with Gasteiger partial charge in [-0.05, 0) is 35.9 Å². The van der Waals surface area contributed by atoms with Crippen LogP contribution < -0.4 is 0 Å². The number of carbonyl (C=O) groups excluding carboxylic acids is 2. The van der Waals surface area contributed by atoms with E-state index in [9.17, 15) is 9.59 Å². The summed E-state index contributed by atoms with van der Waals surface area (Å²) < 4.78 is 0. The molecule has 1 aromatic carbocycles. The molecule has 128 valence electrons. The number of ketones is 1. The van der Waals surface area contributed by atoms with Crippen LogP contribution in [0, 0.1) is 11.3 Å². The zero-order chi connectivity index (χ0) is 18.1. The number of aromatic nitrogens is 1. The lowest BCUT2D eigenvalue weighted by Crippen LogP contribution is -2.31. The standard InChI is InChI=1S/C19H18ClN3O2/c20-17-6-4-16(5-7-17)18(24)8-9-19(25)23(12-2-10-21)14-15-3-1-11-22-13-15/h1,3-7,11,13H,2,8-9,12,14H2. The zero-order valence-electron chi connectivity index (χ0n) is 13.7. The van der Waals surface area contributed by atoms with Gasteiger partial charge >= 0.3 is 0 Å². The lowest BCUT2D eigenvalue weighted by Gasteiger charge is -2.21. The van der Waals surface area contributed by atoms with Gasteiger partial charge in [-0.2, -0.15) is 5.26 Å². The van der Waals surface area contributed by atoms with Crippen LogP contribution >= 0.6 is 11.6 Å². The minimum Gasteiger partial charge on any atom is -0.337 e. The number of hydrogen-bond acceptors (Lipinski definition) is 4. The second kappa shape index (κ2) is 9.55. The molecular weight excluding hydrogens is 338 g/mol. The van der Waals surface area contributed by atoms with E-state index < -0.39 is 0 Å². The van der Waals surface area contributed by atoms with Crippen LogP contribution in [0.4, 0.5) is 0 Å². The van der Waals surface area contributed by atoms with Crippen molar-refractivity contribution >= 4 is 23.3 Å². The fraction of sp³-hybridized carbons (Fsp3) is 0.263. The number of carbonyl (C=O) groups is 2. The fourth-order valence-electron chi connectivity index (χ4n) is 2.35. The molecule has 0 unspecified atom stereocenters. The molecule has 2 aromatic rings. The Balaban J connectivity index is 1.95. The minimum atomic E-state index is -0.151. The van der Waals surface area contributed by atoms with Crippen LogP contribution in [-0.2, 0) is 11.3 Å². The summed E-state index contributed by atoms with van der Waals surface area (Å²) in [6.07, 6.45) is 3.82. The monoisotopic (exact) mass is 355 g/mol. The molecule has 5 nitrogen and oxygen atoms in total. The third-order valence-corrected chi connectivity index (χ3v) is 3.93. The predicted molar refractivity (Wildman–Crippen MR) is 94.9 cm³/mol. The predicted octanol–water partition coefficient (Wildman–Crippen LogP) is 3.64. The summed E-state index contributed by atoms with van der Waals surface area (Å²) in [6, 6.07) is 12.3. The van der Waals surface area contributed by atoms with E-state index in [0.717, 1.165) is 5.56 Å². The summed E-state index contributed by atoms with van der Waals surface area (Å²) in [7, 11) is 0. The van der Waals surface area contributed by atoms with Crippen LogP contribution in [-0.4, -0.2) is 28.1 Å². The van der Waals surface area contributed by atoms with E-state index in [-0.39, 0.29) is 31.0 Å². The normalized spacial score (nSPS) is 10.1. The van der Waals surface area contributed by atoms with Gasteiger partial charge in [0.05, 0.1) is 12.5 Å². The Bertz CT molecular complexity index is 754. The first-order chi connectivity index (χ1) is 12.1. The largest absolute Gasteiger partial charge is 0.337 e. The SMILES string of the molecule is N#CCCN(Cc1cccnc1)C(=O)CCC(=O)c1ccc(Cl)cc1. The molecule has 0 aliphatic heterocycles. The number of hydrogen-bond donors (Lipinski definition) is 0. The first-order valence-electron chi connectivity index (χ1n) is 7.92. The fourth-order valence-corrected chi connectivity index (χ4v) is 2.47. The molecule has 0 N–H and O–H groups in total. The van der Waals surface area contributed by atoms with Crippen molar-refractivity contribution in [2.75, 3.05) is 6.54 Å². The van der Waals surface area contributed by atoms with Crippen molar-refractivity contribution in [3.8, 4) is 6.07 Å². The quantitative estimate of drug-likeness (QED) is 0.677. The van der Waals surface area contributed by atoms with Crippen LogP contribution in [0.1, 0.15) is 35.2 Å². The van der Waals surface area contributed by atoms with Gasteiger partial charge in [0.15, 0.2) is 5.78 Å². The number of nitrogens with zero attached hydrogens (tertiary/aromatic N) is 3. The highest BCUT2D eigenvalue weighted by Crippen LogP contribution is 2.13. The Labute approximate surface area is 151 Å². The van der Waals surface area contributed by atoms with E-state index in [1.165, 1.54) is 0 Å². The molecule has 1 heterocycles. The number of nitriles is 1. The van der Waals surface area contributed by atoms with Crippen LogP contribution in [0.2, 0.25) is 5.02 Å². The van der Waals surface area contributed by atoms with Gasteiger partial charge in [-0.3, -0.25) is 14.6 Å². The van der Waals surface area contributed by atoms with E-state index in [0.29, 0.717) is 23.7 Å². The Morgan fingerprint density at radius 3 is 2.56 bits per heavy atom. The third kappa shape index (κ3) is 6.02. The Morgan fingerprint density at radius 2 is 1.92 bits per heavy atom. The molecule has 0 bridgehead atoms. The third-order valence-electron chi connectivity index (χ3n) is 3.67. The van der Waals surface area contributed by atoms with Crippen LogP contribution in [0.25, 0.3) is 0 Å². The minimum absolute atomic E-state index is 0.104. The van der Waals surface area contributed by atoms with Gasteiger partial charge < -0.3 is 4.90 Å². The van der Waals surface area contributed by atoms with Gasteiger partial charge in [0.1, 0.15) is 0 Å². The molecular formula is C19H18ClN3O2. The van der Waals surface area contributed by atoms with Crippen molar-refractivity contribution in [1.82, 2.24) is 9.88 Å². The highest BCUT2D eigenvalue weighted by Gasteiger charge is 2.16. The van der Waals surface area contributed by atoms with E-state index in [1.807, 2.05) is 12.1 Å². The Hall–Kier alpha value is -2.71. The summed E-state index contributed by atoms with van der Waals surface area (Å²) in [6.45, 7) is 0.711. The Kier molecular flexibility index (Phi) is 7.12. The van der Waals surface area contributed by atoms with Gasteiger partial charge in [-0.1, -0.05) is 17.7 Å². The maximum Gasteiger partial charge on any atom is 0.223 e. The van der Waals surface area contributed by atoms with E-state index >= 15 is 0 Å². The molecule has 6 heteroatoms. The molecule has 0 aliphatic rings. The molecule has 0 fully saturated rings. The second-order valence-corrected chi connectivity index (χ2v) is 5.95. The summed E-state index contributed by atoms with van der Waals surface area (Å²) in [4.78, 5) is 30.3. The van der Waals surface area contributed by atoms with E-state index in [2.05, 4.69) is 4.98 Å². The van der Waals surface area contributed by atoms with Gasteiger partial charge in [-0.15, -0.1) is 0 Å². The maximum absolute atomic E-state index is 12.5. The average molecular weight is 356 g/mol. The lowest BCUT2D eigenvalue weighted by atomic mass is 10.1. The molecule has 0 aliphatic carbocycles. The molecule has 1 amide bonds. The van der Waals surface area contributed by atoms with Crippen LogP contribution in [0.5, 0.6) is 0 Å². The number of Topliss-reactive ketones (excluding diaryl/α,β-unsaturated/α-hetero) is 1.